The predicted octanol–water partition coefficient (Wildman–Crippen LogP) is 7.31. The van der Waals surface area contributed by atoms with Crippen molar-refractivity contribution < 1.29 is 27.8 Å². The molecule has 4 rings (SSSR count). The van der Waals surface area contributed by atoms with Crippen LogP contribution in [0.25, 0.3) is 0 Å². The van der Waals surface area contributed by atoms with Gasteiger partial charge < -0.3 is 9.84 Å². The number of alkyl halides is 3. The summed E-state index contributed by atoms with van der Waals surface area (Å²) in [5, 5.41) is 11.5. The van der Waals surface area contributed by atoms with E-state index in [1.54, 1.807) is 0 Å². The summed E-state index contributed by atoms with van der Waals surface area (Å²) in [4.78, 5) is 13.3. The maximum Gasteiger partial charge on any atom is 0.416 e. The average molecular weight is 461 g/mol. The van der Waals surface area contributed by atoms with Crippen LogP contribution in [-0.4, -0.2) is 16.5 Å². The van der Waals surface area contributed by atoms with Crippen LogP contribution in [0.1, 0.15) is 116 Å². The Kier molecular flexibility index (Phi) is 6.10. The Bertz CT molecular complexity index is 1050. The number of aliphatic hydroxyl groups is 1. The largest absolute Gasteiger partial charge is 0.487 e. The maximum atomic E-state index is 13.3. The van der Waals surface area contributed by atoms with Crippen LogP contribution in [0, 0.1) is 0 Å². The average Bonchev–Trinajstić information content (AvgIpc) is 3.25. The summed E-state index contributed by atoms with van der Waals surface area (Å²) in [7, 11) is 0. The SMILES string of the molecule is CC(C)c1cc2c(c(C3CCCC3)c1C(O)c1ccc(C(F)(F)F)cc1)C(=O)CC(C)(C)O2. The molecule has 1 saturated carbocycles. The fraction of sp³-hybridized carbons (Fsp3) is 0.519. The van der Waals surface area contributed by atoms with Gasteiger partial charge in [0.15, 0.2) is 5.78 Å². The van der Waals surface area contributed by atoms with Crippen molar-refractivity contribution in [3.8, 4) is 5.75 Å². The molecule has 2 aliphatic rings. The number of rotatable bonds is 4. The van der Waals surface area contributed by atoms with E-state index in [0.29, 0.717) is 22.4 Å². The molecule has 2 aromatic rings. The summed E-state index contributed by atoms with van der Waals surface area (Å²) >= 11 is 0. The Labute approximate surface area is 193 Å². The van der Waals surface area contributed by atoms with E-state index in [1.807, 2.05) is 33.8 Å². The standard InChI is InChI=1S/C27H31F3O3/c1-15(2)19-13-21-24(20(31)14-26(3,4)33-21)22(16-7-5-6-8-16)23(19)25(32)17-9-11-18(12-10-17)27(28,29)30/h9-13,15-16,25,32H,5-8,14H2,1-4H3. The number of carbonyl (C=O) groups excluding carboxylic acids is 1. The fourth-order valence-corrected chi connectivity index (χ4v) is 5.33. The van der Waals surface area contributed by atoms with Crippen molar-refractivity contribution >= 4 is 5.78 Å². The van der Waals surface area contributed by atoms with Crippen LogP contribution in [0.4, 0.5) is 13.2 Å². The lowest BCUT2D eigenvalue weighted by Crippen LogP contribution is -2.37. The number of carbonyl (C=O) groups is 1. The molecule has 1 fully saturated rings. The first-order valence-corrected chi connectivity index (χ1v) is 11.7. The fourth-order valence-electron chi connectivity index (χ4n) is 5.33. The molecule has 3 nitrogen and oxygen atoms in total. The number of ether oxygens (including phenoxy) is 1. The van der Waals surface area contributed by atoms with Gasteiger partial charge >= 0.3 is 6.18 Å². The number of aliphatic hydroxyl groups excluding tert-OH is 1. The van der Waals surface area contributed by atoms with Gasteiger partial charge in [-0.15, -0.1) is 0 Å². The molecule has 1 N–H and O–H groups in total. The van der Waals surface area contributed by atoms with Gasteiger partial charge in [0.1, 0.15) is 17.5 Å². The van der Waals surface area contributed by atoms with Gasteiger partial charge in [-0.05, 0) is 79.0 Å². The molecule has 2 aromatic carbocycles. The molecule has 33 heavy (non-hydrogen) atoms. The number of hydrogen-bond acceptors (Lipinski definition) is 3. The van der Waals surface area contributed by atoms with Crippen molar-refractivity contribution in [1.82, 2.24) is 0 Å². The molecule has 0 bridgehead atoms. The Balaban J connectivity index is 1.93. The first-order valence-electron chi connectivity index (χ1n) is 11.7. The number of Topliss-reactive ketones (excluding diaryl/α,β-unsaturated/α-hetero) is 1. The lowest BCUT2D eigenvalue weighted by Gasteiger charge is -2.36. The van der Waals surface area contributed by atoms with Crippen molar-refractivity contribution in [2.24, 2.45) is 0 Å². The molecule has 0 aromatic heterocycles. The molecule has 178 valence electrons. The third kappa shape index (κ3) is 4.54. The zero-order valence-electron chi connectivity index (χ0n) is 19.6. The highest BCUT2D eigenvalue weighted by Crippen LogP contribution is 2.49. The van der Waals surface area contributed by atoms with E-state index in [-0.39, 0.29) is 24.0 Å². The molecule has 6 heteroatoms. The second-order valence-corrected chi connectivity index (χ2v) is 10.3. The lowest BCUT2D eigenvalue weighted by molar-refractivity contribution is -0.137. The predicted molar refractivity (Wildman–Crippen MR) is 121 cm³/mol. The van der Waals surface area contributed by atoms with E-state index in [9.17, 15) is 23.1 Å². The van der Waals surface area contributed by atoms with Crippen LogP contribution in [0.15, 0.2) is 30.3 Å². The van der Waals surface area contributed by atoms with Gasteiger partial charge in [0.25, 0.3) is 0 Å². The first kappa shape index (κ1) is 23.8. The van der Waals surface area contributed by atoms with Crippen LogP contribution in [-0.2, 0) is 6.18 Å². The summed E-state index contributed by atoms with van der Waals surface area (Å²) in [6, 6.07) is 6.52. The van der Waals surface area contributed by atoms with E-state index in [0.717, 1.165) is 48.9 Å². The smallest absolute Gasteiger partial charge is 0.416 e. The molecule has 0 radical (unpaired) electrons. The zero-order chi connectivity index (χ0) is 24.1. The Morgan fingerprint density at radius 2 is 1.70 bits per heavy atom. The molecule has 1 unspecified atom stereocenters. The van der Waals surface area contributed by atoms with E-state index in [2.05, 4.69) is 0 Å². The molecule has 0 saturated heterocycles. The minimum atomic E-state index is -4.44. The van der Waals surface area contributed by atoms with Gasteiger partial charge in [0.2, 0.25) is 0 Å². The summed E-state index contributed by atoms with van der Waals surface area (Å²) in [5.74, 6) is 0.702. The van der Waals surface area contributed by atoms with Gasteiger partial charge in [0, 0.05) is 0 Å². The molecular weight excluding hydrogens is 429 g/mol. The van der Waals surface area contributed by atoms with E-state index in [4.69, 9.17) is 4.74 Å². The van der Waals surface area contributed by atoms with E-state index >= 15 is 0 Å². The summed E-state index contributed by atoms with van der Waals surface area (Å²) in [5.41, 5.74) is 1.93. The number of halogens is 3. The van der Waals surface area contributed by atoms with Crippen LogP contribution in [0.2, 0.25) is 0 Å². The molecule has 1 aliphatic carbocycles. The van der Waals surface area contributed by atoms with Crippen molar-refractivity contribution in [2.45, 2.75) is 89.5 Å². The number of benzene rings is 2. The van der Waals surface area contributed by atoms with Crippen LogP contribution in [0.3, 0.4) is 0 Å². The van der Waals surface area contributed by atoms with E-state index < -0.39 is 23.4 Å². The summed E-state index contributed by atoms with van der Waals surface area (Å²) in [6.45, 7) is 7.81. The Morgan fingerprint density at radius 1 is 1.09 bits per heavy atom. The number of fused-ring (bicyclic) bond motifs is 1. The molecule has 1 aliphatic heterocycles. The lowest BCUT2D eigenvalue weighted by atomic mass is 9.76. The Morgan fingerprint density at radius 3 is 2.24 bits per heavy atom. The minimum Gasteiger partial charge on any atom is -0.487 e. The molecule has 0 amide bonds. The Hall–Kier alpha value is -2.34. The topological polar surface area (TPSA) is 46.5 Å². The molecule has 1 heterocycles. The second-order valence-electron chi connectivity index (χ2n) is 10.3. The van der Waals surface area contributed by atoms with Gasteiger partial charge in [-0.3, -0.25) is 4.79 Å². The van der Waals surface area contributed by atoms with Gasteiger partial charge in [-0.25, -0.2) is 0 Å². The van der Waals surface area contributed by atoms with Crippen LogP contribution >= 0.6 is 0 Å². The monoisotopic (exact) mass is 460 g/mol. The highest BCUT2D eigenvalue weighted by molar-refractivity contribution is 6.02. The van der Waals surface area contributed by atoms with Gasteiger partial charge in [-0.2, -0.15) is 13.2 Å². The first-order chi connectivity index (χ1) is 15.4. The van der Waals surface area contributed by atoms with Crippen molar-refractivity contribution in [1.29, 1.82) is 0 Å². The maximum absolute atomic E-state index is 13.3. The zero-order valence-corrected chi connectivity index (χ0v) is 19.6. The van der Waals surface area contributed by atoms with E-state index in [1.165, 1.54) is 12.1 Å². The molecule has 1 atom stereocenters. The third-order valence-corrected chi connectivity index (χ3v) is 6.87. The van der Waals surface area contributed by atoms with Crippen LogP contribution < -0.4 is 4.74 Å². The summed E-state index contributed by atoms with van der Waals surface area (Å²) in [6.07, 6.45) is -1.41. The van der Waals surface area contributed by atoms with Crippen molar-refractivity contribution in [3.63, 3.8) is 0 Å². The normalized spacial score (nSPS) is 19.5. The minimum absolute atomic E-state index is 0.000625. The van der Waals surface area contributed by atoms with Gasteiger partial charge in [-0.1, -0.05) is 38.8 Å². The number of ketones is 1. The van der Waals surface area contributed by atoms with Crippen molar-refractivity contribution in [2.75, 3.05) is 0 Å². The highest BCUT2D eigenvalue weighted by atomic mass is 19.4. The van der Waals surface area contributed by atoms with Crippen LogP contribution in [0.5, 0.6) is 5.75 Å². The summed E-state index contributed by atoms with van der Waals surface area (Å²) < 4.78 is 45.4. The van der Waals surface area contributed by atoms with Gasteiger partial charge in [0.05, 0.1) is 17.5 Å². The molecular formula is C27H31F3O3. The molecule has 0 spiro atoms. The third-order valence-electron chi connectivity index (χ3n) is 6.87. The quantitative estimate of drug-likeness (QED) is 0.520. The number of hydrogen-bond donors (Lipinski definition) is 1. The highest BCUT2D eigenvalue weighted by Gasteiger charge is 2.40. The van der Waals surface area contributed by atoms with Crippen molar-refractivity contribution in [3.05, 3.63) is 63.7 Å². The second kappa shape index (κ2) is 8.46.